The molecule has 1 saturated heterocycles. The van der Waals surface area contributed by atoms with E-state index in [0.717, 1.165) is 0 Å². The van der Waals surface area contributed by atoms with Crippen LogP contribution in [0.1, 0.15) is 13.3 Å². The first kappa shape index (κ1) is 10.8. The number of ether oxygens (including phenoxy) is 1. The van der Waals surface area contributed by atoms with Gasteiger partial charge in [-0.25, -0.2) is 8.78 Å². The molecule has 0 spiro atoms. The Hall–Kier alpha value is -0.260. The van der Waals surface area contributed by atoms with Gasteiger partial charge < -0.3 is 15.2 Å². The molecule has 0 aliphatic carbocycles. The summed E-state index contributed by atoms with van der Waals surface area (Å²) in [6.07, 6.45) is -1.92. The lowest BCUT2D eigenvalue weighted by atomic mass is 10.0. The van der Waals surface area contributed by atoms with Crippen LogP contribution in [0.25, 0.3) is 0 Å². The van der Waals surface area contributed by atoms with Crippen LogP contribution in [0, 0.1) is 0 Å². The standard InChI is InChI=1S/C8H15F2NO2/c1-8(2-3-12)5-11-6(4-13-8)7(9)10/h6-7,11-12H,2-5H2,1H3. The largest absolute Gasteiger partial charge is 0.396 e. The van der Waals surface area contributed by atoms with Gasteiger partial charge in [0.15, 0.2) is 0 Å². The molecule has 78 valence electrons. The predicted octanol–water partition coefficient (Wildman–Crippen LogP) is 0.381. The zero-order valence-electron chi connectivity index (χ0n) is 7.59. The summed E-state index contributed by atoms with van der Waals surface area (Å²) >= 11 is 0. The van der Waals surface area contributed by atoms with Gasteiger partial charge >= 0.3 is 0 Å². The first-order valence-corrected chi connectivity index (χ1v) is 4.34. The second kappa shape index (κ2) is 4.30. The Bertz CT molecular complexity index is 158. The number of morpholine rings is 1. The highest BCUT2D eigenvalue weighted by Crippen LogP contribution is 2.20. The molecule has 1 heterocycles. The van der Waals surface area contributed by atoms with Gasteiger partial charge in [0, 0.05) is 19.6 Å². The topological polar surface area (TPSA) is 41.5 Å². The fourth-order valence-corrected chi connectivity index (χ4v) is 1.31. The molecule has 0 bridgehead atoms. The molecule has 2 N–H and O–H groups in total. The fourth-order valence-electron chi connectivity index (χ4n) is 1.31. The van der Waals surface area contributed by atoms with Crippen LogP contribution in [0.4, 0.5) is 8.78 Å². The van der Waals surface area contributed by atoms with Gasteiger partial charge in [-0.15, -0.1) is 0 Å². The second-order valence-electron chi connectivity index (χ2n) is 3.56. The molecule has 0 aromatic carbocycles. The molecule has 2 atom stereocenters. The molecule has 1 rings (SSSR count). The average Bonchev–Trinajstić information content (AvgIpc) is 2.05. The van der Waals surface area contributed by atoms with Crippen molar-refractivity contribution in [1.82, 2.24) is 5.32 Å². The molecule has 1 fully saturated rings. The molecule has 0 aromatic heterocycles. The normalized spacial score (nSPS) is 35.3. The zero-order chi connectivity index (χ0) is 9.90. The number of halogens is 2. The number of hydrogen-bond acceptors (Lipinski definition) is 3. The first-order chi connectivity index (χ1) is 6.07. The summed E-state index contributed by atoms with van der Waals surface area (Å²) in [5, 5.41) is 11.4. The zero-order valence-corrected chi connectivity index (χ0v) is 7.59. The third-order valence-corrected chi connectivity index (χ3v) is 2.29. The quantitative estimate of drug-likeness (QED) is 0.684. The van der Waals surface area contributed by atoms with Crippen LogP contribution in [0.2, 0.25) is 0 Å². The average molecular weight is 195 g/mol. The van der Waals surface area contributed by atoms with E-state index in [4.69, 9.17) is 9.84 Å². The summed E-state index contributed by atoms with van der Waals surface area (Å²) in [6, 6.07) is -0.869. The second-order valence-corrected chi connectivity index (χ2v) is 3.56. The Labute approximate surface area is 76.1 Å². The van der Waals surface area contributed by atoms with Crippen molar-refractivity contribution in [2.24, 2.45) is 0 Å². The van der Waals surface area contributed by atoms with E-state index in [0.29, 0.717) is 13.0 Å². The number of alkyl halides is 2. The molecule has 1 aliphatic heterocycles. The molecular weight excluding hydrogens is 180 g/mol. The van der Waals surface area contributed by atoms with Gasteiger partial charge in [-0.05, 0) is 6.92 Å². The lowest BCUT2D eigenvalue weighted by molar-refractivity contribution is -0.104. The molecule has 0 radical (unpaired) electrons. The number of hydrogen-bond donors (Lipinski definition) is 2. The van der Waals surface area contributed by atoms with E-state index >= 15 is 0 Å². The maximum absolute atomic E-state index is 12.2. The van der Waals surface area contributed by atoms with Crippen molar-refractivity contribution in [1.29, 1.82) is 0 Å². The third-order valence-electron chi connectivity index (χ3n) is 2.29. The van der Waals surface area contributed by atoms with Crippen molar-refractivity contribution in [2.75, 3.05) is 19.8 Å². The molecule has 1 aliphatic rings. The van der Waals surface area contributed by atoms with E-state index in [1.807, 2.05) is 0 Å². The highest BCUT2D eigenvalue weighted by atomic mass is 19.3. The van der Waals surface area contributed by atoms with Crippen molar-refractivity contribution >= 4 is 0 Å². The van der Waals surface area contributed by atoms with Crippen LogP contribution < -0.4 is 5.32 Å². The fraction of sp³-hybridized carbons (Fsp3) is 1.00. The highest BCUT2D eigenvalue weighted by Gasteiger charge is 2.34. The van der Waals surface area contributed by atoms with Crippen LogP contribution in [0.3, 0.4) is 0 Å². The Morgan fingerprint density at radius 2 is 2.38 bits per heavy atom. The highest BCUT2D eigenvalue weighted by molar-refractivity contribution is 4.86. The van der Waals surface area contributed by atoms with Crippen LogP contribution in [-0.2, 0) is 4.74 Å². The van der Waals surface area contributed by atoms with E-state index in [1.54, 1.807) is 6.92 Å². The molecule has 0 aromatic rings. The van der Waals surface area contributed by atoms with Gasteiger partial charge in [-0.1, -0.05) is 0 Å². The summed E-state index contributed by atoms with van der Waals surface area (Å²) in [7, 11) is 0. The van der Waals surface area contributed by atoms with Crippen LogP contribution in [0.5, 0.6) is 0 Å². The monoisotopic (exact) mass is 195 g/mol. The summed E-state index contributed by atoms with van der Waals surface area (Å²) < 4.78 is 29.6. The Morgan fingerprint density at radius 1 is 1.69 bits per heavy atom. The van der Waals surface area contributed by atoms with E-state index in [1.165, 1.54) is 0 Å². The lowest BCUT2D eigenvalue weighted by Crippen LogP contribution is -2.55. The Balaban J connectivity index is 2.37. The molecule has 13 heavy (non-hydrogen) atoms. The van der Waals surface area contributed by atoms with Crippen molar-refractivity contribution in [3.8, 4) is 0 Å². The van der Waals surface area contributed by atoms with Crippen LogP contribution >= 0.6 is 0 Å². The number of aliphatic hydroxyl groups excluding tert-OH is 1. The van der Waals surface area contributed by atoms with E-state index < -0.39 is 18.1 Å². The minimum absolute atomic E-state index is 0.00810. The first-order valence-electron chi connectivity index (χ1n) is 4.34. The maximum Gasteiger partial charge on any atom is 0.255 e. The molecule has 3 nitrogen and oxygen atoms in total. The van der Waals surface area contributed by atoms with Crippen molar-refractivity contribution in [3.05, 3.63) is 0 Å². The van der Waals surface area contributed by atoms with E-state index in [-0.39, 0.29) is 13.2 Å². The van der Waals surface area contributed by atoms with Gasteiger partial charge in [-0.2, -0.15) is 0 Å². The molecule has 0 amide bonds. The molecule has 0 saturated carbocycles. The van der Waals surface area contributed by atoms with Crippen molar-refractivity contribution < 1.29 is 18.6 Å². The van der Waals surface area contributed by atoms with Gasteiger partial charge in [0.05, 0.1) is 18.2 Å². The van der Waals surface area contributed by atoms with Gasteiger partial charge in [0.2, 0.25) is 0 Å². The molecular formula is C8H15F2NO2. The van der Waals surface area contributed by atoms with Crippen molar-refractivity contribution in [3.63, 3.8) is 0 Å². The van der Waals surface area contributed by atoms with Gasteiger partial charge in [0.1, 0.15) is 0 Å². The minimum atomic E-state index is -2.39. The number of nitrogens with one attached hydrogen (secondary N) is 1. The minimum Gasteiger partial charge on any atom is -0.396 e. The SMILES string of the molecule is CC1(CCO)CNC(C(F)F)CO1. The lowest BCUT2D eigenvalue weighted by Gasteiger charge is -2.37. The molecule has 5 heteroatoms. The summed E-state index contributed by atoms with van der Waals surface area (Å²) in [5.74, 6) is 0. The summed E-state index contributed by atoms with van der Waals surface area (Å²) in [6.45, 7) is 2.19. The predicted molar refractivity (Wildman–Crippen MR) is 43.9 cm³/mol. The Kier molecular flexibility index (Phi) is 3.58. The Morgan fingerprint density at radius 3 is 2.77 bits per heavy atom. The van der Waals surface area contributed by atoms with Gasteiger partial charge in [-0.3, -0.25) is 0 Å². The number of rotatable bonds is 3. The molecule has 2 unspecified atom stereocenters. The maximum atomic E-state index is 12.2. The summed E-state index contributed by atoms with van der Waals surface area (Å²) in [5.41, 5.74) is -0.500. The van der Waals surface area contributed by atoms with Crippen molar-refractivity contribution in [2.45, 2.75) is 31.4 Å². The van der Waals surface area contributed by atoms with E-state index in [2.05, 4.69) is 5.32 Å². The van der Waals surface area contributed by atoms with Crippen LogP contribution in [-0.4, -0.2) is 42.9 Å². The third kappa shape index (κ3) is 2.86. The summed E-state index contributed by atoms with van der Waals surface area (Å²) in [4.78, 5) is 0. The number of aliphatic hydroxyl groups is 1. The van der Waals surface area contributed by atoms with E-state index in [9.17, 15) is 8.78 Å². The smallest absolute Gasteiger partial charge is 0.255 e. The van der Waals surface area contributed by atoms with Crippen LogP contribution in [0.15, 0.2) is 0 Å². The van der Waals surface area contributed by atoms with Gasteiger partial charge in [0.25, 0.3) is 6.43 Å².